The lowest BCUT2D eigenvalue weighted by Gasteiger charge is -1.86. The van der Waals surface area contributed by atoms with Gasteiger partial charge in [-0.3, -0.25) is 0 Å². The molecule has 1 aliphatic rings. The molecule has 0 aliphatic heterocycles. The molecule has 1 heterocycles. The van der Waals surface area contributed by atoms with Gasteiger partial charge in [0.2, 0.25) is 0 Å². The van der Waals surface area contributed by atoms with Crippen LogP contribution in [0.25, 0.3) is 0 Å². The summed E-state index contributed by atoms with van der Waals surface area (Å²) in [6.45, 7) is 0. The third-order valence-corrected chi connectivity index (χ3v) is 1.64. The first-order valence-electron chi connectivity index (χ1n) is 3.33. The molecule has 0 amide bonds. The van der Waals surface area contributed by atoms with Gasteiger partial charge in [0, 0.05) is 6.42 Å². The van der Waals surface area contributed by atoms with Crippen molar-refractivity contribution in [1.29, 1.82) is 0 Å². The molecule has 0 radical (unpaired) electrons. The second-order valence-corrected chi connectivity index (χ2v) is 2.57. The van der Waals surface area contributed by atoms with E-state index in [0.29, 0.717) is 0 Å². The third kappa shape index (κ3) is 1.12. The lowest BCUT2D eigenvalue weighted by atomic mass is 10.3. The molecule has 1 fully saturated rings. The highest BCUT2D eigenvalue weighted by molar-refractivity contribution is 4.87. The Morgan fingerprint density at radius 3 is 3.11 bits per heavy atom. The quantitative estimate of drug-likeness (QED) is 0.597. The van der Waals surface area contributed by atoms with Crippen molar-refractivity contribution >= 4 is 0 Å². The Balaban J connectivity index is 1.99. The van der Waals surface area contributed by atoms with Gasteiger partial charge in [0.1, 0.15) is 6.26 Å². The number of rotatable bonds is 2. The van der Waals surface area contributed by atoms with Gasteiger partial charge in [-0.25, -0.2) is 4.98 Å². The van der Waals surface area contributed by atoms with Crippen LogP contribution in [-0.4, -0.2) is 4.98 Å². The summed E-state index contributed by atoms with van der Waals surface area (Å²) in [6, 6.07) is 0. The van der Waals surface area contributed by atoms with Crippen LogP contribution in [0.2, 0.25) is 0 Å². The second-order valence-electron chi connectivity index (χ2n) is 2.57. The van der Waals surface area contributed by atoms with E-state index < -0.39 is 0 Å². The summed E-state index contributed by atoms with van der Waals surface area (Å²) in [6.07, 6.45) is 7.12. The van der Waals surface area contributed by atoms with Gasteiger partial charge in [0.15, 0.2) is 5.89 Å². The zero-order valence-corrected chi connectivity index (χ0v) is 5.21. The van der Waals surface area contributed by atoms with Crippen LogP contribution >= 0.6 is 0 Å². The van der Waals surface area contributed by atoms with Crippen molar-refractivity contribution in [3.05, 3.63) is 18.4 Å². The fourth-order valence-electron chi connectivity index (χ4n) is 0.923. The van der Waals surface area contributed by atoms with Crippen LogP contribution < -0.4 is 0 Å². The molecule has 1 saturated carbocycles. The largest absolute Gasteiger partial charge is 0.449 e. The fraction of sp³-hybridized carbons (Fsp3) is 0.571. The van der Waals surface area contributed by atoms with Gasteiger partial charge < -0.3 is 4.42 Å². The molecular weight excluding hydrogens is 114 g/mol. The molecule has 1 aromatic rings. The molecule has 0 saturated heterocycles. The number of oxazole rings is 1. The molecule has 2 rings (SSSR count). The first-order chi connectivity index (χ1) is 4.45. The van der Waals surface area contributed by atoms with Gasteiger partial charge in [-0.1, -0.05) is 0 Å². The molecule has 1 aromatic heterocycles. The Kier molecular flexibility index (Phi) is 1.04. The zero-order chi connectivity index (χ0) is 6.10. The summed E-state index contributed by atoms with van der Waals surface area (Å²) in [5.74, 6) is 1.78. The first kappa shape index (κ1) is 5.03. The second kappa shape index (κ2) is 1.87. The molecule has 0 atom stereocenters. The maximum Gasteiger partial charge on any atom is 0.194 e. The van der Waals surface area contributed by atoms with E-state index in [2.05, 4.69) is 4.98 Å². The predicted octanol–water partition coefficient (Wildman–Crippen LogP) is 1.63. The van der Waals surface area contributed by atoms with Crippen molar-refractivity contribution < 1.29 is 4.42 Å². The van der Waals surface area contributed by atoms with Gasteiger partial charge in [-0.05, 0) is 18.8 Å². The van der Waals surface area contributed by atoms with Gasteiger partial charge in [-0.2, -0.15) is 0 Å². The van der Waals surface area contributed by atoms with E-state index in [1.165, 1.54) is 12.8 Å². The average Bonchev–Trinajstić information content (AvgIpc) is 2.46. The maximum absolute atomic E-state index is 5.07. The molecule has 0 aromatic carbocycles. The molecule has 48 valence electrons. The Morgan fingerprint density at radius 1 is 1.67 bits per heavy atom. The van der Waals surface area contributed by atoms with Crippen LogP contribution in [0.5, 0.6) is 0 Å². The van der Waals surface area contributed by atoms with Crippen molar-refractivity contribution in [1.82, 2.24) is 4.98 Å². The standard InChI is InChI=1S/C7H9NO/c1-2-6(1)5-7-8-3-4-9-7/h3-4,6H,1-2,5H2. The van der Waals surface area contributed by atoms with Crippen molar-refractivity contribution in [2.75, 3.05) is 0 Å². The van der Waals surface area contributed by atoms with Crippen LogP contribution in [-0.2, 0) is 6.42 Å². The summed E-state index contributed by atoms with van der Waals surface area (Å²) in [5, 5.41) is 0. The van der Waals surface area contributed by atoms with Crippen LogP contribution in [0.3, 0.4) is 0 Å². The Hall–Kier alpha value is -0.790. The normalized spacial score (nSPS) is 18.2. The molecule has 0 unspecified atom stereocenters. The monoisotopic (exact) mass is 123 g/mol. The third-order valence-electron chi connectivity index (χ3n) is 1.64. The lowest BCUT2D eigenvalue weighted by Crippen LogP contribution is -1.84. The first-order valence-corrected chi connectivity index (χ1v) is 3.33. The topological polar surface area (TPSA) is 26.0 Å². The van der Waals surface area contributed by atoms with Crippen molar-refractivity contribution in [3.8, 4) is 0 Å². The minimum Gasteiger partial charge on any atom is -0.449 e. The predicted molar refractivity (Wildman–Crippen MR) is 32.9 cm³/mol. The maximum atomic E-state index is 5.07. The SMILES string of the molecule is c1coc(CC2CC2)n1. The number of hydrogen-bond acceptors (Lipinski definition) is 2. The van der Waals surface area contributed by atoms with Crippen molar-refractivity contribution in [2.24, 2.45) is 5.92 Å². The van der Waals surface area contributed by atoms with Crippen molar-refractivity contribution in [3.63, 3.8) is 0 Å². The van der Waals surface area contributed by atoms with Gasteiger partial charge in [0.05, 0.1) is 6.20 Å². The smallest absolute Gasteiger partial charge is 0.194 e. The average molecular weight is 123 g/mol. The van der Waals surface area contributed by atoms with E-state index in [1.807, 2.05) is 0 Å². The Morgan fingerprint density at radius 2 is 2.56 bits per heavy atom. The van der Waals surface area contributed by atoms with Gasteiger partial charge >= 0.3 is 0 Å². The van der Waals surface area contributed by atoms with E-state index in [-0.39, 0.29) is 0 Å². The molecule has 9 heavy (non-hydrogen) atoms. The summed E-state index contributed by atoms with van der Waals surface area (Å²) in [7, 11) is 0. The minimum absolute atomic E-state index is 0.878. The van der Waals surface area contributed by atoms with Crippen LogP contribution in [0, 0.1) is 5.92 Å². The van der Waals surface area contributed by atoms with Crippen molar-refractivity contribution in [2.45, 2.75) is 19.3 Å². The molecule has 1 aliphatic carbocycles. The van der Waals surface area contributed by atoms with E-state index >= 15 is 0 Å². The van der Waals surface area contributed by atoms with Crippen LogP contribution in [0.1, 0.15) is 18.7 Å². The molecule has 0 N–H and O–H groups in total. The fourth-order valence-corrected chi connectivity index (χ4v) is 0.923. The highest BCUT2D eigenvalue weighted by Gasteiger charge is 2.22. The van der Waals surface area contributed by atoms with Crippen LogP contribution in [0.4, 0.5) is 0 Å². The number of hydrogen-bond donors (Lipinski definition) is 0. The zero-order valence-electron chi connectivity index (χ0n) is 5.21. The van der Waals surface area contributed by atoms with E-state index in [4.69, 9.17) is 4.42 Å². The summed E-state index contributed by atoms with van der Waals surface area (Å²) >= 11 is 0. The lowest BCUT2D eigenvalue weighted by molar-refractivity contribution is 0.482. The molecule has 0 bridgehead atoms. The summed E-state index contributed by atoms with van der Waals surface area (Å²) in [5.41, 5.74) is 0. The molecular formula is C7H9NO. The number of aromatic nitrogens is 1. The summed E-state index contributed by atoms with van der Waals surface area (Å²) < 4.78 is 5.07. The van der Waals surface area contributed by atoms with E-state index in [1.54, 1.807) is 12.5 Å². The Bertz CT molecular complexity index is 177. The highest BCUT2D eigenvalue weighted by Crippen LogP contribution is 2.31. The Labute approximate surface area is 53.9 Å². The molecule has 0 spiro atoms. The van der Waals surface area contributed by atoms with E-state index in [9.17, 15) is 0 Å². The summed E-state index contributed by atoms with van der Waals surface area (Å²) in [4.78, 5) is 4.03. The highest BCUT2D eigenvalue weighted by atomic mass is 16.3. The van der Waals surface area contributed by atoms with Gasteiger partial charge in [0.25, 0.3) is 0 Å². The molecule has 2 heteroatoms. The minimum atomic E-state index is 0.878. The molecule has 2 nitrogen and oxygen atoms in total. The van der Waals surface area contributed by atoms with Crippen LogP contribution in [0.15, 0.2) is 16.9 Å². The van der Waals surface area contributed by atoms with Gasteiger partial charge in [-0.15, -0.1) is 0 Å². The number of nitrogens with zero attached hydrogens (tertiary/aromatic N) is 1. The van der Waals surface area contributed by atoms with E-state index in [0.717, 1.165) is 18.2 Å².